The Morgan fingerprint density at radius 3 is 2.68 bits per heavy atom. The average molecular weight is 290 g/mol. The molecule has 0 aromatic heterocycles. The van der Waals surface area contributed by atoms with Crippen LogP contribution in [0.2, 0.25) is 0 Å². The first-order valence-electron chi connectivity index (χ1n) is 6.66. The standard InChI is InChI=1S/C12H19N3O3.ClH/c16-11-8-14(4-5-15(11)9-1-2-9)12(17)10-7-13-3-6-18-10;/h9-10,13H,1-8H2;1H/t10-;/m1./s1. The Morgan fingerprint density at radius 2 is 2.11 bits per heavy atom. The van der Waals surface area contributed by atoms with Crippen molar-refractivity contribution >= 4 is 24.2 Å². The molecule has 0 aromatic carbocycles. The maximum Gasteiger partial charge on any atom is 0.253 e. The van der Waals surface area contributed by atoms with Crippen LogP contribution in [0.15, 0.2) is 0 Å². The van der Waals surface area contributed by atoms with Crippen LogP contribution in [0.1, 0.15) is 12.8 Å². The largest absolute Gasteiger partial charge is 0.366 e. The summed E-state index contributed by atoms with van der Waals surface area (Å²) in [7, 11) is 0. The maximum atomic E-state index is 12.2. The molecule has 2 aliphatic heterocycles. The fourth-order valence-electron chi connectivity index (χ4n) is 2.57. The number of carbonyl (C=O) groups is 2. The van der Waals surface area contributed by atoms with Crippen molar-refractivity contribution in [1.29, 1.82) is 0 Å². The number of hydrogen-bond donors (Lipinski definition) is 1. The number of piperazine rings is 1. The number of rotatable bonds is 2. The van der Waals surface area contributed by atoms with Gasteiger partial charge in [-0.3, -0.25) is 9.59 Å². The highest BCUT2D eigenvalue weighted by molar-refractivity contribution is 5.88. The Morgan fingerprint density at radius 1 is 1.32 bits per heavy atom. The van der Waals surface area contributed by atoms with E-state index in [1.807, 2.05) is 4.90 Å². The van der Waals surface area contributed by atoms with Gasteiger partial charge in [-0.15, -0.1) is 12.4 Å². The van der Waals surface area contributed by atoms with Gasteiger partial charge in [-0.05, 0) is 12.8 Å². The van der Waals surface area contributed by atoms with Crippen LogP contribution in [0, 0.1) is 0 Å². The quantitative estimate of drug-likeness (QED) is 0.725. The zero-order valence-electron chi connectivity index (χ0n) is 10.8. The van der Waals surface area contributed by atoms with Crippen LogP contribution in [0.3, 0.4) is 0 Å². The molecule has 0 bridgehead atoms. The topological polar surface area (TPSA) is 61.9 Å². The number of carbonyl (C=O) groups excluding carboxylic acids is 2. The summed E-state index contributed by atoms with van der Waals surface area (Å²) in [6.45, 7) is 3.44. The Labute approximate surface area is 118 Å². The zero-order valence-corrected chi connectivity index (χ0v) is 11.7. The number of halogens is 1. The van der Waals surface area contributed by atoms with Crippen molar-refractivity contribution in [2.45, 2.75) is 25.0 Å². The molecule has 7 heteroatoms. The van der Waals surface area contributed by atoms with Crippen LogP contribution in [-0.2, 0) is 14.3 Å². The lowest BCUT2D eigenvalue weighted by Crippen LogP contribution is -2.57. The summed E-state index contributed by atoms with van der Waals surface area (Å²) in [5, 5.41) is 3.14. The van der Waals surface area contributed by atoms with E-state index in [4.69, 9.17) is 4.74 Å². The molecule has 2 heterocycles. The van der Waals surface area contributed by atoms with Gasteiger partial charge in [0, 0.05) is 32.2 Å². The smallest absolute Gasteiger partial charge is 0.253 e. The Balaban J connectivity index is 0.00000133. The predicted octanol–water partition coefficient (Wildman–Crippen LogP) is -0.770. The summed E-state index contributed by atoms with van der Waals surface area (Å²) in [5.41, 5.74) is 0. The predicted molar refractivity (Wildman–Crippen MR) is 71.2 cm³/mol. The molecule has 0 unspecified atom stereocenters. The SMILES string of the molecule is Cl.O=C([C@H]1CNCCO1)N1CCN(C2CC2)C(=O)C1. The third kappa shape index (κ3) is 3.19. The number of nitrogens with one attached hydrogen (secondary N) is 1. The molecule has 2 saturated heterocycles. The molecule has 0 spiro atoms. The van der Waals surface area contributed by atoms with E-state index in [-0.39, 0.29) is 30.8 Å². The number of amides is 2. The minimum Gasteiger partial charge on any atom is -0.366 e. The van der Waals surface area contributed by atoms with Crippen LogP contribution in [0.4, 0.5) is 0 Å². The third-order valence-corrected chi connectivity index (χ3v) is 3.76. The monoisotopic (exact) mass is 289 g/mol. The average Bonchev–Trinajstić information content (AvgIpc) is 3.23. The molecule has 0 radical (unpaired) electrons. The lowest BCUT2D eigenvalue weighted by molar-refractivity contribution is -0.153. The minimum atomic E-state index is -0.418. The summed E-state index contributed by atoms with van der Waals surface area (Å²) >= 11 is 0. The van der Waals surface area contributed by atoms with E-state index in [1.54, 1.807) is 4.90 Å². The Kier molecular flexibility index (Phi) is 4.65. The lowest BCUT2D eigenvalue weighted by Gasteiger charge is -2.36. The molecule has 2 amide bonds. The summed E-state index contributed by atoms with van der Waals surface area (Å²) in [6.07, 6.45) is 1.82. The van der Waals surface area contributed by atoms with Crippen LogP contribution in [0.5, 0.6) is 0 Å². The van der Waals surface area contributed by atoms with Gasteiger partial charge < -0.3 is 19.9 Å². The van der Waals surface area contributed by atoms with Crippen LogP contribution in [-0.4, -0.2) is 73.1 Å². The fraction of sp³-hybridized carbons (Fsp3) is 0.833. The molecule has 1 atom stereocenters. The van der Waals surface area contributed by atoms with Crippen molar-refractivity contribution in [1.82, 2.24) is 15.1 Å². The molecule has 3 fully saturated rings. The highest BCUT2D eigenvalue weighted by Crippen LogP contribution is 2.28. The molecule has 1 N–H and O–H groups in total. The molecule has 1 aliphatic carbocycles. The van der Waals surface area contributed by atoms with Crippen LogP contribution in [0.25, 0.3) is 0 Å². The van der Waals surface area contributed by atoms with E-state index in [0.717, 1.165) is 19.4 Å². The first kappa shape index (κ1) is 14.6. The van der Waals surface area contributed by atoms with Gasteiger partial charge in [-0.2, -0.15) is 0 Å². The first-order valence-corrected chi connectivity index (χ1v) is 6.66. The number of morpholine rings is 1. The van der Waals surface area contributed by atoms with E-state index >= 15 is 0 Å². The fourth-order valence-corrected chi connectivity index (χ4v) is 2.57. The van der Waals surface area contributed by atoms with Gasteiger partial charge in [0.2, 0.25) is 5.91 Å². The van der Waals surface area contributed by atoms with Gasteiger partial charge in [0.25, 0.3) is 5.91 Å². The molecule has 6 nitrogen and oxygen atoms in total. The van der Waals surface area contributed by atoms with Crippen molar-refractivity contribution in [3.63, 3.8) is 0 Å². The molecule has 108 valence electrons. The molecule has 19 heavy (non-hydrogen) atoms. The highest BCUT2D eigenvalue weighted by atomic mass is 35.5. The second-order valence-electron chi connectivity index (χ2n) is 5.14. The van der Waals surface area contributed by atoms with Crippen molar-refractivity contribution in [2.24, 2.45) is 0 Å². The maximum absolute atomic E-state index is 12.2. The van der Waals surface area contributed by atoms with Gasteiger partial charge in [-0.1, -0.05) is 0 Å². The van der Waals surface area contributed by atoms with E-state index in [2.05, 4.69) is 5.32 Å². The van der Waals surface area contributed by atoms with Gasteiger partial charge in [0.05, 0.1) is 13.2 Å². The Bertz CT molecular complexity index is 356. The van der Waals surface area contributed by atoms with E-state index in [9.17, 15) is 9.59 Å². The second-order valence-corrected chi connectivity index (χ2v) is 5.14. The van der Waals surface area contributed by atoms with Gasteiger partial charge in [0.1, 0.15) is 6.10 Å². The van der Waals surface area contributed by atoms with Crippen molar-refractivity contribution < 1.29 is 14.3 Å². The van der Waals surface area contributed by atoms with Gasteiger partial charge >= 0.3 is 0 Å². The molecule has 3 aliphatic rings. The second kappa shape index (κ2) is 6.07. The lowest BCUT2D eigenvalue weighted by atomic mass is 10.2. The first-order chi connectivity index (χ1) is 8.75. The van der Waals surface area contributed by atoms with Crippen molar-refractivity contribution in [3.8, 4) is 0 Å². The van der Waals surface area contributed by atoms with E-state index in [1.165, 1.54) is 0 Å². The number of nitrogens with zero attached hydrogens (tertiary/aromatic N) is 2. The molecule has 1 saturated carbocycles. The zero-order chi connectivity index (χ0) is 12.5. The summed E-state index contributed by atoms with van der Waals surface area (Å²) in [5.74, 6) is 0.0341. The Hall–Kier alpha value is -0.850. The molecule has 0 aromatic rings. The minimum absolute atomic E-state index is 0. The van der Waals surface area contributed by atoms with Crippen molar-refractivity contribution in [3.05, 3.63) is 0 Å². The van der Waals surface area contributed by atoms with Crippen LogP contribution >= 0.6 is 12.4 Å². The van der Waals surface area contributed by atoms with Crippen LogP contribution < -0.4 is 5.32 Å². The summed E-state index contributed by atoms with van der Waals surface area (Å²) in [6, 6.07) is 0.447. The molecular formula is C12H20ClN3O3. The molecule has 3 rings (SSSR count). The summed E-state index contributed by atoms with van der Waals surface area (Å²) < 4.78 is 5.44. The van der Waals surface area contributed by atoms with Crippen molar-refractivity contribution in [2.75, 3.05) is 39.3 Å². The summed E-state index contributed by atoms with van der Waals surface area (Å²) in [4.78, 5) is 27.7. The third-order valence-electron chi connectivity index (χ3n) is 3.76. The normalized spacial score (nSPS) is 28.0. The number of hydrogen-bond acceptors (Lipinski definition) is 4. The van der Waals surface area contributed by atoms with E-state index < -0.39 is 6.10 Å². The van der Waals surface area contributed by atoms with E-state index in [0.29, 0.717) is 32.3 Å². The van der Waals surface area contributed by atoms with Gasteiger partial charge in [-0.25, -0.2) is 0 Å². The highest BCUT2D eigenvalue weighted by Gasteiger charge is 2.38. The number of ether oxygens (including phenoxy) is 1. The molecular weight excluding hydrogens is 270 g/mol. The van der Waals surface area contributed by atoms with Gasteiger partial charge in [0.15, 0.2) is 0 Å².